The molecule has 0 N–H and O–H groups in total. The molecule has 0 saturated heterocycles. The number of hydrogen-bond acceptors (Lipinski definition) is 2. The Bertz CT molecular complexity index is 776. The van der Waals surface area contributed by atoms with Gasteiger partial charge in [-0.25, -0.2) is 23.5 Å². The second kappa shape index (κ2) is 5.19. The molecule has 0 bridgehead atoms. The van der Waals surface area contributed by atoms with Crippen LogP contribution < -0.4 is 11.4 Å². The highest BCUT2D eigenvalue weighted by atomic mass is 19.4. The Labute approximate surface area is 123 Å². The number of hydrogen-bond donors (Lipinski definition) is 0. The van der Waals surface area contributed by atoms with E-state index >= 15 is 0 Å². The monoisotopic (exact) mass is 313 g/mol. The van der Waals surface area contributed by atoms with Gasteiger partial charge < -0.3 is 0 Å². The number of nitrogens with zero attached hydrogens (tertiary/aromatic N) is 3. The van der Waals surface area contributed by atoms with Crippen LogP contribution >= 0.6 is 0 Å². The van der Waals surface area contributed by atoms with E-state index in [0.29, 0.717) is 13.1 Å². The molecule has 8 heteroatoms. The number of halogens is 3. The van der Waals surface area contributed by atoms with Gasteiger partial charge in [0.1, 0.15) is 0 Å². The van der Waals surface area contributed by atoms with Crippen molar-refractivity contribution in [1.29, 1.82) is 0 Å². The van der Waals surface area contributed by atoms with E-state index < -0.39 is 23.1 Å². The maximum absolute atomic E-state index is 12.8. The Kier molecular flexibility index (Phi) is 3.46. The predicted molar refractivity (Wildman–Crippen MR) is 73.1 cm³/mol. The minimum atomic E-state index is -4.52. The van der Waals surface area contributed by atoms with Crippen molar-refractivity contribution in [3.63, 3.8) is 0 Å². The standard InChI is InChI=1S/C14H14F3N3O2/c15-14(16,17)10-5-4-6-11(9-10)20-12(21)18-7-2-1-3-8-19(18)13(20)22/h4-6,9H,1-3,7-8H2. The maximum atomic E-state index is 12.8. The van der Waals surface area contributed by atoms with Gasteiger partial charge in [-0.3, -0.25) is 0 Å². The average molecular weight is 313 g/mol. The Morgan fingerprint density at radius 3 is 2.05 bits per heavy atom. The zero-order valence-electron chi connectivity index (χ0n) is 11.6. The molecule has 2 heterocycles. The first kappa shape index (κ1) is 14.7. The van der Waals surface area contributed by atoms with Gasteiger partial charge in [-0.15, -0.1) is 0 Å². The van der Waals surface area contributed by atoms with Gasteiger partial charge in [-0.05, 0) is 37.5 Å². The fraction of sp³-hybridized carbons (Fsp3) is 0.429. The topological polar surface area (TPSA) is 48.9 Å². The predicted octanol–water partition coefficient (Wildman–Crippen LogP) is 2.00. The van der Waals surface area contributed by atoms with Crippen molar-refractivity contribution in [1.82, 2.24) is 13.9 Å². The zero-order chi connectivity index (χ0) is 15.9. The van der Waals surface area contributed by atoms with E-state index in [1.165, 1.54) is 21.5 Å². The second-order valence-electron chi connectivity index (χ2n) is 5.26. The van der Waals surface area contributed by atoms with Crippen LogP contribution in [0.25, 0.3) is 5.69 Å². The molecule has 1 aliphatic rings. The van der Waals surface area contributed by atoms with Crippen LogP contribution in [0, 0.1) is 0 Å². The molecular formula is C14H14F3N3O2. The Morgan fingerprint density at radius 2 is 1.50 bits per heavy atom. The van der Waals surface area contributed by atoms with Crippen LogP contribution in [0.5, 0.6) is 0 Å². The molecule has 0 fully saturated rings. The van der Waals surface area contributed by atoms with Crippen molar-refractivity contribution in [3.8, 4) is 5.69 Å². The van der Waals surface area contributed by atoms with Crippen molar-refractivity contribution in [2.75, 3.05) is 0 Å². The highest BCUT2D eigenvalue weighted by molar-refractivity contribution is 5.36. The summed E-state index contributed by atoms with van der Waals surface area (Å²) in [5, 5.41) is 0. The van der Waals surface area contributed by atoms with E-state index in [4.69, 9.17) is 0 Å². The van der Waals surface area contributed by atoms with Crippen molar-refractivity contribution < 1.29 is 13.2 Å². The van der Waals surface area contributed by atoms with E-state index in [1.807, 2.05) is 0 Å². The fourth-order valence-electron chi connectivity index (χ4n) is 2.69. The van der Waals surface area contributed by atoms with Crippen LogP contribution in [0.15, 0.2) is 33.9 Å². The van der Waals surface area contributed by atoms with Gasteiger partial charge in [0.15, 0.2) is 0 Å². The summed E-state index contributed by atoms with van der Waals surface area (Å²) in [4.78, 5) is 24.7. The Hall–Kier alpha value is -2.25. The zero-order valence-corrected chi connectivity index (χ0v) is 11.6. The third-order valence-electron chi connectivity index (χ3n) is 3.79. The Morgan fingerprint density at radius 1 is 0.909 bits per heavy atom. The molecule has 0 amide bonds. The highest BCUT2D eigenvalue weighted by Crippen LogP contribution is 2.29. The summed E-state index contributed by atoms with van der Waals surface area (Å²) in [5.74, 6) is 0. The minimum absolute atomic E-state index is 0.0575. The molecule has 0 saturated carbocycles. The molecule has 2 aromatic rings. The lowest BCUT2D eigenvalue weighted by molar-refractivity contribution is -0.137. The normalized spacial score (nSPS) is 15.4. The molecule has 118 valence electrons. The lowest BCUT2D eigenvalue weighted by Crippen LogP contribution is -2.28. The number of benzene rings is 1. The molecule has 1 aromatic carbocycles. The lowest BCUT2D eigenvalue weighted by atomic mass is 10.2. The molecule has 0 spiro atoms. The van der Waals surface area contributed by atoms with Crippen LogP contribution in [0.3, 0.4) is 0 Å². The Balaban J connectivity index is 2.18. The van der Waals surface area contributed by atoms with E-state index in [-0.39, 0.29) is 5.69 Å². The molecule has 5 nitrogen and oxygen atoms in total. The van der Waals surface area contributed by atoms with Gasteiger partial charge in [0, 0.05) is 13.1 Å². The largest absolute Gasteiger partial charge is 0.416 e. The first-order valence-electron chi connectivity index (χ1n) is 7.00. The van der Waals surface area contributed by atoms with Crippen molar-refractivity contribution in [3.05, 3.63) is 50.8 Å². The summed E-state index contributed by atoms with van der Waals surface area (Å²) < 4.78 is 41.8. The molecule has 0 aliphatic carbocycles. The number of fused-ring (bicyclic) bond motifs is 1. The van der Waals surface area contributed by atoms with Gasteiger partial charge in [-0.2, -0.15) is 13.2 Å². The summed E-state index contributed by atoms with van der Waals surface area (Å²) in [5.41, 5.74) is -2.13. The number of alkyl halides is 3. The number of aromatic nitrogens is 3. The molecule has 1 aliphatic heterocycles. The molecule has 22 heavy (non-hydrogen) atoms. The van der Waals surface area contributed by atoms with Gasteiger partial charge in [0.2, 0.25) is 0 Å². The summed E-state index contributed by atoms with van der Waals surface area (Å²) in [6.45, 7) is 0.806. The van der Waals surface area contributed by atoms with Gasteiger partial charge in [-0.1, -0.05) is 6.07 Å². The molecule has 3 rings (SSSR count). The van der Waals surface area contributed by atoms with Gasteiger partial charge in [0.05, 0.1) is 11.3 Å². The molecule has 0 atom stereocenters. The molecular weight excluding hydrogens is 299 g/mol. The SMILES string of the molecule is O=c1n(-c2cccc(C(F)(F)F)c2)c(=O)n2n1CCCCC2. The van der Waals surface area contributed by atoms with Crippen LogP contribution in [-0.4, -0.2) is 13.9 Å². The summed E-state index contributed by atoms with van der Waals surface area (Å²) in [6, 6.07) is 4.26. The van der Waals surface area contributed by atoms with Crippen LogP contribution in [0.1, 0.15) is 24.8 Å². The first-order valence-corrected chi connectivity index (χ1v) is 7.00. The molecule has 0 unspecified atom stereocenters. The smallest absolute Gasteiger partial charge is 0.246 e. The highest BCUT2D eigenvalue weighted by Gasteiger charge is 2.31. The van der Waals surface area contributed by atoms with E-state index in [9.17, 15) is 22.8 Å². The van der Waals surface area contributed by atoms with Crippen LogP contribution in [0.4, 0.5) is 13.2 Å². The van der Waals surface area contributed by atoms with E-state index in [1.54, 1.807) is 0 Å². The van der Waals surface area contributed by atoms with Crippen LogP contribution in [0.2, 0.25) is 0 Å². The van der Waals surface area contributed by atoms with Crippen molar-refractivity contribution >= 4 is 0 Å². The van der Waals surface area contributed by atoms with E-state index in [0.717, 1.165) is 36.0 Å². The third-order valence-corrected chi connectivity index (χ3v) is 3.79. The average Bonchev–Trinajstić information content (AvgIpc) is 2.65. The summed E-state index contributed by atoms with van der Waals surface area (Å²) in [7, 11) is 0. The third kappa shape index (κ3) is 2.38. The second-order valence-corrected chi connectivity index (χ2v) is 5.26. The molecule has 0 radical (unpaired) electrons. The first-order chi connectivity index (χ1) is 10.4. The summed E-state index contributed by atoms with van der Waals surface area (Å²) in [6.07, 6.45) is -2.07. The van der Waals surface area contributed by atoms with Gasteiger partial charge >= 0.3 is 17.6 Å². The quantitative estimate of drug-likeness (QED) is 0.808. The van der Waals surface area contributed by atoms with E-state index in [2.05, 4.69) is 0 Å². The minimum Gasteiger partial charge on any atom is -0.246 e. The summed E-state index contributed by atoms with van der Waals surface area (Å²) >= 11 is 0. The fourth-order valence-corrected chi connectivity index (χ4v) is 2.69. The van der Waals surface area contributed by atoms with Crippen molar-refractivity contribution in [2.45, 2.75) is 38.5 Å². The van der Waals surface area contributed by atoms with Gasteiger partial charge in [0.25, 0.3) is 0 Å². The van der Waals surface area contributed by atoms with Crippen molar-refractivity contribution in [2.24, 2.45) is 0 Å². The molecule has 1 aromatic heterocycles. The van der Waals surface area contributed by atoms with Crippen LogP contribution in [-0.2, 0) is 19.3 Å². The maximum Gasteiger partial charge on any atom is 0.416 e. The lowest BCUT2D eigenvalue weighted by Gasteiger charge is -2.08. The number of rotatable bonds is 1.